The van der Waals surface area contributed by atoms with E-state index in [9.17, 15) is 28.4 Å². The van der Waals surface area contributed by atoms with Crippen molar-refractivity contribution in [2.75, 3.05) is 18.9 Å². The van der Waals surface area contributed by atoms with Gasteiger partial charge in [-0.25, -0.2) is 37.7 Å². The van der Waals surface area contributed by atoms with Gasteiger partial charge in [0.2, 0.25) is 5.91 Å². The summed E-state index contributed by atoms with van der Waals surface area (Å²) in [5, 5.41) is 0. The van der Waals surface area contributed by atoms with Crippen LogP contribution in [0.15, 0.2) is 67.4 Å². The second-order valence-electron chi connectivity index (χ2n) is 14.1. The first-order valence-corrected chi connectivity index (χ1v) is 22.9. The molecule has 3 saturated heterocycles. The van der Waals surface area contributed by atoms with Crippen molar-refractivity contribution in [3.63, 3.8) is 0 Å². The molecular formula is C36H36F2N6O13P2S. The molecule has 0 spiro atoms. The first-order chi connectivity index (χ1) is 28.6. The Hall–Kier alpha value is -4.47. The number of fused-ring (bicyclic) bond motifs is 4. The second-order valence-corrected chi connectivity index (χ2v) is 19.6. The molecule has 24 heteroatoms. The summed E-state index contributed by atoms with van der Waals surface area (Å²) in [6.07, 6.45) is -11.1. The van der Waals surface area contributed by atoms with E-state index in [0.29, 0.717) is 22.5 Å². The molecule has 3 N–H and O–H groups in total. The predicted octanol–water partition coefficient (Wildman–Crippen LogP) is 4.82. The van der Waals surface area contributed by atoms with Gasteiger partial charge in [-0.1, -0.05) is 29.8 Å². The van der Waals surface area contributed by atoms with Gasteiger partial charge in [-0.15, -0.1) is 0 Å². The number of carbonyl (C=O) groups excluding carboxylic acids is 3. The molecule has 19 nitrogen and oxygen atoms in total. The van der Waals surface area contributed by atoms with Gasteiger partial charge in [0.15, 0.2) is 42.0 Å². The van der Waals surface area contributed by atoms with E-state index in [1.807, 2.05) is 13.0 Å². The average molecular weight is 893 g/mol. The number of carbonyl (C=O) groups is 3. The number of hydrogen-bond donors (Lipinski definition) is 2. The number of nitrogens with zero attached hydrogens (tertiary/aromatic N) is 5. The maximum atomic E-state index is 16.5. The van der Waals surface area contributed by atoms with Gasteiger partial charge in [-0.3, -0.25) is 37.2 Å². The van der Waals surface area contributed by atoms with Crippen LogP contribution in [0.3, 0.4) is 0 Å². The van der Waals surface area contributed by atoms with Gasteiger partial charge in [0.25, 0.3) is 0 Å². The van der Waals surface area contributed by atoms with Gasteiger partial charge < -0.3 is 24.8 Å². The number of anilines is 1. The summed E-state index contributed by atoms with van der Waals surface area (Å²) in [6.45, 7) is -2.74. The molecule has 0 aliphatic carbocycles. The molecule has 60 heavy (non-hydrogen) atoms. The van der Waals surface area contributed by atoms with E-state index in [2.05, 4.69) is 15.0 Å². The van der Waals surface area contributed by atoms with Gasteiger partial charge in [-0.05, 0) is 60.6 Å². The molecule has 318 valence electrons. The Morgan fingerprint density at radius 3 is 2.47 bits per heavy atom. The zero-order valence-corrected chi connectivity index (χ0v) is 34.1. The van der Waals surface area contributed by atoms with E-state index in [1.165, 1.54) is 23.0 Å². The molecule has 2 aromatic carbocycles. The van der Waals surface area contributed by atoms with E-state index in [1.54, 1.807) is 31.2 Å². The highest BCUT2D eigenvalue weighted by Gasteiger charge is 2.56. The molecule has 1 amide bonds. The van der Waals surface area contributed by atoms with Crippen LogP contribution in [-0.4, -0.2) is 103 Å². The zero-order valence-electron chi connectivity index (χ0n) is 31.5. The fourth-order valence-corrected chi connectivity index (χ4v) is 11.3. The van der Waals surface area contributed by atoms with Crippen molar-refractivity contribution in [1.29, 1.82) is 0 Å². The smallest absolute Gasteiger partial charge is 0.423 e. The van der Waals surface area contributed by atoms with Crippen LogP contribution in [0.1, 0.15) is 39.7 Å². The standard InChI is InChI=1S/C36H36F2N6O13P2S/c1-18-3-8-23(19(2)11-18)36(47)53-22-6-4-20(5-7-22)15-60-59(50)52-14-25-30(28(38)34(55-25)43-10-9-21(45)12-26(43)46)56-58(48,49)51-13-24-27(37)31(57-59)35(54-24)44-17-42-29-32(39)40-16-41-33(29)44/h3-11,16-17,24-25,27-28,30-31,34-35H,12-15H2,1-2H3,(H,48,49)(H2,39,40,41)/t24-,25-,27-,28-,30-,31-,34-,35-,59+/m1/s1. The largest absolute Gasteiger partial charge is 0.472 e. The number of phosphoric ester groups is 1. The van der Waals surface area contributed by atoms with Crippen LogP contribution >= 0.6 is 26.0 Å². The fourth-order valence-electron chi connectivity index (χ4n) is 6.95. The van der Waals surface area contributed by atoms with Crippen LogP contribution in [0.2, 0.25) is 0 Å². The van der Waals surface area contributed by atoms with Crippen LogP contribution in [-0.2, 0) is 52.0 Å². The number of phosphoric acid groups is 1. The monoisotopic (exact) mass is 892 g/mol. The Morgan fingerprint density at radius 2 is 1.72 bits per heavy atom. The van der Waals surface area contributed by atoms with Gasteiger partial charge in [0, 0.05) is 12.0 Å². The first-order valence-electron chi connectivity index (χ1n) is 18.2. The number of imidazole rings is 1. The van der Waals surface area contributed by atoms with Crippen molar-refractivity contribution in [3.05, 3.63) is 89.6 Å². The summed E-state index contributed by atoms with van der Waals surface area (Å²) in [5.74, 6) is -1.82. The third kappa shape index (κ3) is 8.67. The molecule has 4 aromatic rings. The lowest BCUT2D eigenvalue weighted by molar-refractivity contribution is -0.146. The Labute approximate surface area is 343 Å². The fraction of sp³-hybridized carbons (Fsp3) is 0.389. The van der Waals surface area contributed by atoms with Crippen molar-refractivity contribution in [3.8, 4) is 5.75 Å². The quantitative estimate of drug-likeness (QED) is 0.109. The van der Waals surface area contributed by atoms with Crippen molar-refractivity contribution in [1.82, 2.24) is 24.4 Å². The van der Waals surface area contributed by atoms with Crippen LogP contribution < -0.4 is 10.5 Å². The number of benzene rings is 2. The van der Waals surface area contributed by atoms with Gasteiger partial charge in [-0.2, -0.15) is 0 Å². The maximum Gasteiger partial charge on any atom is 0.472 e. The number of nitrogens with two attached hydrogens (primary N) is 1. The Bertz CT molecular complexity index is 2460. The van der Waals surface area contributed by atoms with Crippen LogP contribution in [0.25, 0.3) is 11.2 Å². The summed E-state index contributed by atoms with van der Waals surface area (Å²) in [6, 6.07) is 11.5. The summed E-state index contributed by atoms with van der Waals surface area (Å²) in [5.41, 5.74) is 8.82. The van der Waals surface area contributed by atoms with Crippen molar-refractivity contribution in [2.24, 2.45) is 0 Å². The minimum absolute atomic E-state index is 0.00838. The minimum Gasteiger partial charge on any atom is -0.423 e. The molecule has 6 heterocycles. The number of amides is 1. The summed E-state index contributed by atoms with van der Waals surface area (Å²) < 4.78 is 102. The molecule has 2 bridgehead atoms. The minimum atomic E-state index is -5.26. The maximum absolute atomic E-state index is 16.5. The highest BCUT2D eigenvalue weighted by Crippen LogP contribution is 2.65. The lowest BCUT2D eigenvalue weighted by Gasteiger charge is -2.28. The molecule has 0 saturated carbocycles. The van der Waals surface area contributed by atoms with Gasteiger partial charge >= 0.3 is 20.6 Å². The van der Waals surface area contributed by atoms with Crippen molar-refractivity contribution < 1.29 is 69.5 Å². The third-order valence-corrected chi connectivity index (χ3v) is 14.6. The first kappa shape index (κ1) is 42.2. The number of hydrogen-bond acceptors (Lipinski definition) is 17. The lowest BCUT2D eigenvalue weighted by Crippen LogP contribution is -2.44. The number of aryl methyl sites for hydroxylation is 2. The Balaban J connectivity index is 1.08. The number of allylic oxidation sites excluding steroid dienone is 1. The molecular weight excluding hydrogens is 856 g/mol. The molecule has 4 aliphatic rings. The SMILES string of the molecule is Cc1ccc(C(=O)Oc2ccc(CS[P@@]3(=O)OC[C@H]4O[C@@H](N5C=CC(=O)CC5=O)[C@H](F)[C@@H]4OP(=O)(O)OC[C@H]4O[C@@H](n5cnc6c(N)ncnc65)[C@H](O3)[C@@H]4F)cc2)c(C)c1. The second kappa shape index (κ2) is 16.8. The number of aromatic nitrogens is 4. The zero-order chi connectivity index (χ0) is 42.5. The highest BCUT2D eigenvalue weighted by molar-refractivity contribution is 8.54. The lowest BCUT2D eigenvalue weighted by atomic mass is 10.1. The van der Waals surface area contributed by atoms with Gasteiger partial charge in [0.05, 0.1) is 31.5 Å². The highest BCUT2D eigenvalue weighted by atomic mass is 32.7. The molecule has 4 aliphatic heterocycles. The predicted molar refractivity (Wildman–Crippen MR) is 205 cm³/mol. The van der Waals surface area contributed by atoms with E-state index < -0.39 is 101 Å². The van der Waals surface area contributed by atoms with Crippen LogP contribution in [0.5, 0.6) is 5.75 Å². The van der Waals surface area contributed by atoms with E-state index in [0.717, 1.165) is 34.6 Å². The Kier molecular flexibility index (Phi) is 11.8. The van der Waals surface area contributed by atoms with E-state index >= 15 is 8.78 Å². The third-order valence-electron chi connectivity index (χ3n) is 9.93. The number of alkyl halides is 2. The molecule has 0 radical (unpaired) electrons. The molecule has 2 aromatic heterocycles. The number of rotatable bonds is 7. The topological polar surface area (TPSA) is 243 Å². The number of esters is 1. The van der Waals surface area contributed by atoms with Gasteiger partial charge in [0.1, 0.15) is 42.0 Å². The number of halogens is 2. The van der Waals surface area contributed by atoms with Crippen LogP contribution in [0, 0.1) is 13.8 Å². The average Bonchev–Trinajstić information content (AvgIpc) is 3.86. The summed E-state index contributed by atoms with van der Waals surface area (Å²) >= 11 is 0.610. The molecule has 8 rings (SSSR count). The Morgan fingerprint density at radius 1 is 0.967 bits per heavy atom. The summed E-state index contributed by atoms with van der Waals surface area (Å²) in [7, 11) is -5.26. The normalized spacial score (nSPS) is 32.3. The number of nitrogen functional groups attached to an aromatic ring is 1. The molecule has 10 atom stereocenters. The van der Waals surface area contributed by atoms with Crippen LogP contribution in [0.4, 0.5) is 14.6 Å². The van der Waals surface area contributed by atoms with E-state index in [4.69, 9.17) is 38.0 Å². The number of ketones is 1. The van der Waals surface area contributed by atoms with Crippen molar-refractivity contribution >= 4 is 60.6 Å². The number of ether oxygens (including phenoxy) is 3. The molecule has 1 unspecified atom stereocenters. The summed E-state index contributed by atoms with van der Waals surface area (Å²) in [4.78, 5) is 61.2. The van der Waals surface area contributed by atoms with Crippen molar-refractivity contribution in [2.45, 2.75) is 75.2 Å². The molecule has 3 fully saturated rings. The van der Waals surface area contributed by atoms with E-state index in [-0.39, 0.29) is 28.5 Å².